The molecule has 0 aromatic carbocycles. The fraction of sp³-hybridized carbons (Fsp3) is 0.143. The van der Waals surface area contributed by atoms with E-state index in [1.54, 1.807) is 6.92 Å². The van der Waals surface area contributed by atoms with Gasteiger partial charge in [-0.1, -0.05) is 0 Å². The van der Waals surface area contributed by atoms with Crippen molar-refractivity contribution < 1.29 is 4.92 Å². The Hall–Kier alpha value is -1.96. The minimum absolute atomic E-state index is 0.230. The molecule has 0 saturated carbocycles. The molecule has 0 aliphatic heterocycles. The van der Waals surface area contributed by atoms with Gasteiger partial charge in [-0.25, -0.2) is 0 Å². The molecule has 0 spiro atoms. The molecule has 12 heavy (non-hydrogen) atoms. The zero-order valence-electron chi connectivity index (χ0n) is 6.31. The van der Waals surface area contributed by atoms with Crippen molar-refractivity contribution in [3.63, 3.8) is 0 Å². The van der Waals surface area contributed by atoms with Crippen LogP contribution in [0.2, 0.25) is 0 Å². The fourth-order valence-electron chi connectivity index (χ4n) is 0.768. The Kier molecular flexibility index (Phi) is 2.01. The van der Waals surface area contributed by atoms with Gasteiger partial charge in [-0.3, -0.25) is 0 Å². The maximum atomic E-state index is 10.2. The van der Waals surface area contributed by atoms with Crippen LogP contribution in [-0.4, -0.2) is 9.91 Å². The molecular weight excluding hydrogens is 158 g/mol. The van der Waals surface area contributed by atoms with Crippen LogP contribution >= 0.6 is 0 Å². The summed E-state index contributed by atoms with van der Waals surface area (Å²) in [4.78, 5) is 13.2. The minimum atomic E-state index is -0.589. The second-order valence-corrected chi connectivity index (χ2v) is 2.17. The highest BCUT2D eigenvalue weighted by Crippen LogP contribution is 2.10. The van der Waals surface area contributed by atoms with Crippen LogP contribution in [0.3, 0.4) is 0 Å². The van der Waals surface area contributed by atoms with E-state index in [1.807, 2.05) is 6.07 Å². The number of nitrogens with zero attached hydrogens (tertiary/aromatic N) is 3. The standard InChI is InChI=1S/C7H5N3O2/c1-5-6(4-8)2-3-7(9-5)10(11)12/h2-3H,1H3. The van der Waals surface area contributed by atoms with Crippen molar-refractivity contribution in [3.05, 3.63) is 33.5 Å². The summed E-state index contributed by atoms with van der Waals surface area (Å²) in [7, 11) is 0. The van der Waals surface area contributed by atoms with Crippen LogP contribution in [0.5, 0.6) is 0 Å². The Labute approximate surface area is 68.4 Å². The summed E-state index contributed by atoms with van der Waals surface area (Å²) < 4.78 is 0. The number of hydrogen-bond donors (Lipinski definition) is 0. The lowest BCUT2D eigenvalue weighted by atomic mass is 10.2. The number of aromatic nitrogens is 1. The van der Waals surface area contributed by atoms with E-state index in [2.05, 4.69) is 4.98 Å². The Morgan fingerprint density at radius 2 is 2.33 bits per heavy atom. The predicted octanol–water partition coefficient (Wildman–Crippen LogP) is 1.17. The van der Waals surface area contributed by atoms with E-state index in [-0.39, 0.29) is 5.82 Å². The number of nitriles is 1. The van der Waals surface area contributed by atoms with Gasteiger partial charge in [-0.2, -0.15) is 5.26 Å². The lowest BCUT2D eigenvalue weighted by Gasteiger charge is -1.92. The normalized spacial score (nSPS) is 9.00. The lowest BCUT2D eigenvalue weighted by Crippen LogP contribution is -1.95. The smallest absolute Gasteiger partial charge is 0.358 e. The Balaban J connectivity index is 3.21. The van der Waals surface area contributed by atoms with Gasteiger partial charge in [0.1, 0.15) is 6.07 Å². The molecule has 0 unspecified atom stereocenters. The van der Waals surface area contributed by atoms with E-state index < -0.39 is 4.92 Å². The summed E-state index contributed by atoms with van der Waals surface area (Å²) in [5.74, 6) is -0.230. The molecule has 5 nitrogen and oxygen atoms in total. The summed E-state index contributed by atoms with van der Waals surface area (Å²) in [6.45, 7) is 1.56. The van der Waals surface area contributed by atoms with Crippen molar-refractivity contribution in [1.82, 2.24) is 4.98 Å². The Morgan fingerprint density at radius 3 is 2.75 bits per heavy atom. The molecule has 0 bridgehead atoms. The highest BCUT2D eigenvalue weighted by Gasteiger charge is 2.10. The van der Waals surface area contributed by atoms with Crippen LogP contribution in [0.1, 0.15) is 11.3 Å². The summed E-state index contributed by atoms with van der Waals surface area (Å²) in [5, 5.41) is 18.7. The van der Waals surface area contributed by atoms with Crippen LogP contribution in [0.4, 0.5) is 5.82 Å². The molecule has 0 fully saturated rings. The molecule has 0 amide bonds. The molecule has 1 rings (SSSR count). The van der Waals surface area contributed by atoms with Crippen LogP contribution in [0.15, 0.2) is 12.1 Å². The molecule has 0 radical (unpaired) electrons. The highest BCUT2D eigenvalue weighted by atomic mass is 16.6. The maximum Gasteiger partial charge on any atom is 0.363 e. The molecule has 0 atom stereocenters. The Morgan fingerprint density at radius 1 is 1.67 bits per heavy atom. The van der Waals surface area contributed by atoms with Crippen molar-refractivity contribution in [2.24, 2.45) is 0 Å². The van der Waals surface area contributed by atoms with Crippen LogP contribution in [0, 0.1) is 28.4 Å². The molecule has 0 aliphatic carbocycles. The minimum Gasteiger partial charge on any atom is -0.358 e. The van der Waals surface area contributed by atoms with E-state index in [4.69, 9.17) is 5.26 Å². The summed E-state index contributed by atoms with van der Waals surface area (Å²) in [5.41, 5.74) is 0.743. The Bertz CT molecular complexity index is 367. The first-order valence-corrected chi connectivity index (χ1v) is 3.17. The molecule has 1 heterocycles. The SMILES string of the molecule is Cc1nc([N+](=O)[O-])ccc1C#N. The molecule has 0 saturated heterocycles. The summed E-state index contributed by atoms with van der Waals surface area (Å²) in [6, 6.07) is 4.48. The number of aryl methyl sites for hydroxylation is 1. The molecule has 60 valence electrons. The topological polar surface area (TPSA) is 79.8 Å². The van der Waals surface area contributed by atoms with E-state index >= 15 is 0 Å². The van der Waals surface area contributed by atoms with Crippen molar-refractivity contribution in [1.29, 1.82) is 5.26 Å². The summed E-state index contributed by atoms with van der Waals surface area (Å²) in [6.07, 6.45) is 0. The maximum absolute atomic E-state index is 10.2. The zero-order chi connectivity index (χ0) is 9.14. The van der Waals surface area contributed by atoms with Crippen molar-refractivity contribution in [2.45, 2.75) is 6.92 Å². The van der Waals surface area contributed by atoms with Crippen LogP contribution in [0.25, 0.3) is 0 Å². The van der Waals surface area contributed by atoms with Crippen molar-refractivity contribution in [3.8, 4) is 6.07 Å². The quantitative estimate of drug-likeness (QED) is 0.459. The van der Waals surface area contributed by atoms with Gasteiger partial charge in [-0.15, -0.1) is 0 Å². The van der Waals surface area contributed by atoms with Gasteiger partial charge in [0.05, 0.1) is 5.56 Å². The third-order valence-corrected chi connectivity index (χ3v) is 1.38. The average molecular weight is 163 g/mol. The largest absolute Gasteiger partial charge is 0.363 e. The van der Waals surface area contributed by atoms with Crippen molar-refractivity contribution >= 4 is 5.82 Å². The van der Waals surface area contributed by atoms with Crippen LogP contribution < -0.4 is 0 Å². The molecule has 1 aromatic rings. The van der Waals surface area contributed by atoms with Gasteiger partial charge in [0, 0.05) is 13.0 Å². The number of hydrogen-bond acceptors (Lipinski definition) is 4. The second kappa shape index (κ2) is 2.96. The van der Waals surface area contributed by atoms with Gasteiger partial charge in [-0.05, 0) is 16.0 Å². The van der Waals surface area contributed by atoms with E-state index in [0.29, 0.717) is 11.3 Å². The van der Waals surface area contributed by atoms with Gasteiger partial charge in [0.15, 0.2) is 5.69 Å². The van der Waals surface area contributed by atoms with E-state index in [1.165, 1.54) is 12.1 Å². The number of nitro groups is 1. The van der Waals surface area contributed by atoms with Gasteiger partial charge < -0.3 is 10.1 Å². The first-order chi connectivity index (χ1) is 5.65. The molecule has 0 N–H and O–H groups in total. The number of rotatable bonds is 1. The van der Waals surface area contributed by atoms with E-state index in [9.17, 15) is 10.1 Å². The van der Waals surface area contributed by atoms with Gasteiger partial charge >= 0.3 is 5.82 Å². The average Bonchev–Trinajstić information content (AvgIpc) is 2.04. The number of pyridine rings is 1. The predicted molar refractivity (Wildman–Crippen MR) is 40.3 cm³/mol. The zero-order valence-corrected chi connectivity index (χ0v) is 6.31. The van der Waals surface area contributed by atoms with E-state index in [0.717, 1.165) is 0 Å². The van der Waals surface area contributed by atoms with Crippen LogP contribution in [-0.2, 0) is 0 Å². The monoisotopic (exact) mass is 163 g/mol. The molecule has 1 aromatic heterocycles. The first-order valence-electron chi connectivity index (χ1n) is 3.17. The third kappa shape index (κ3) is 1.37. The summed E-state index contributed by atoms with van der Waals surface area (Å²) >= 11 is 0. The van der Waals surface area contributed by atoms with Gasteiger partial charge in [0.2, 0.25) is 0 Å². The molecule has 5 heteroatoms. The second-order valence-electron chi connectivity index (χ2n) is 2.17. The highest BCUT2D eigenvalue weighted by molar-refractivity contribution is 5.36. The molecular formula is C7H5N3O2. The lowest BCUT2D eigenvalue weighted by molar-refractivity contribution is -0.389. The van der Waals surface area contributed by atoms with Crippen molar-refractivity contribution in [2.75, 3.05) is 0 Å². The third-order valence-electron chi connectivity index (χ3n) is 1.38. The first kappa shape index (κ1) is 8.14. The van der Waals surface area contributed by atoms with Gasteiger partial charge in [0.25, 0.3) is 0 Å². The molecule has 0 aliphatic rings. The fourth-order valence-corrected chi connectivity index (χ4v) is 0.768.